The minimum atomic E-state index is -0.252. The third-order valence-electron chi connectivity index (χ3n) is 1.01. The maximum Gasteiger partial charge on any atom is 0.0794 e. The van der Waals surface area contributed by atoms with Gasteiger partial charge in [-0.25, -0.2) is 0 Å². The van der Waals surface area contributed by atoms with Gasteiger partial charge in [-0.1, -0.05) is 0 Å². The van der Waals surface area contributed by atoms with Gasteiger partial charge in [0.25, 0.3) is 0 Å². The second-order valence-electron chi connectivity index (χ2n) is 1.69. The molecule has 3 N–H and O–H groups in total. The van der Waals surface area contributed by atoms with E-state index < -0.39 is 0 Å². The fourth-order valence-electron chi connectivity index (χ4n) is 0.499. The van der Waals surface area contributed by atoms with Crippen LogP contribution >= 0.6 is 23.7 Å². The fraction of sp³-hybridized carbons (Fsp3) is 0.400. The Morgan fingerprint density at radius 1 is 1.80 bits per heavy atom. The zero-order valence-electron chi connectivity index (χ0n) is 5.23. The van der Waals surface area contributed by atoms with E-state index in [2.05, 4.69) is 4.98 Å². The molecule has 1 aromatic rings. The molecule has 0 saturated carbocycles. The Labute approximate surface area is 69.3 Å². The van der Waals surface area contributed by atoms with Gasteiger partial charge in [0.15, 0.2) is 0 Å². The third-order valence-corrected chi connectivity index (χ3v) is 1.92. The Balaban J connectivity index is 0.000000810. The van der Waals surface area contributed by atoms with Crippen molar-refractivity contribution >= 4 is 23.7 Å². The van der Waals surface area contributed by atoms with Crippen LogP contribution < -0.4 is 5.73 Å². The van der Waals surface area contributed by atoms with E-state index in [9.17, 15) is 0 Å². The summed E-state index contributed by atoms with van der Waals surface area (Å²) in [5.74, 6) is 0. The standard InChI is InChI=1S/C5H8N2OS.ClH/c6-4(2-8)5-1-7-3-9-5;/h1,3-4,8H,2,6H2;1H. The molecule has 0 aliphatic heterocycles. The molecule has 1 heterocycles. The Morgan fingerprint density at radius 2 is 2.50 bits per heavy atom. The molecule has 3 nitrogen and oxygen atoms in total. The minimum absolute atomic E-state index is 0. The van der Waals surface area contributed by atoms with Gasteiger partial charge in [-0.3, -0.25) is 4.98 Å². The third kappa shape index (κ3) is 2.22. The van der Waals surface area contributed by atoms with Crippen molar-refractivity contribution in [2.45, 2.75) is 6.04 Å². The smallest absolute Gasteiger partial charge is 0.0794 e. The van der Waals surface area contributed by atoms with E-state index in [1.165, 1.54) is 11.3 Å². The van der Waals surface area contributed by atoms with Gasteiger partial charge in [0.2, 0.25) is 0 Å². The summed E-state index contributed by atoms with van der Waals surface area (Å²) in [6, 6.07) is -0.252. The Kier molecular flexibility index (Phi) is 4.55. The van der Waals surface area contributed by atoms with Gasteiger partial charge in [-0.15, -0.1) is 23.7 Å². The van der Waals surface area contributed by atoms with Crippen LogP contribution in [0.2, 0.25) is 0 Å². The van der Waals surface area contributed by atoms with Crippen molar-refractivity contribution in [1.29, 1.82) is 0 Å². The van der Waals surface area contributed by atoms with Crippen molar-refractivity contribution in [3.05, 3.63) is 16.6 Å². The Hall–Kier alpha value is -0.160. The number of aromatic nitrogens is 1. The van der Waals surface area contributed by atoms with Gasteiger partial charge >= 0.3 is 0 Å². The molecule has 1 aromatic heterocycles. The highest BCUT2D eigenvalue weighted by molar-refractivity contribution is 7.09. The van der Waals surface area contributed by atoms with Gasteiger partial charge in [0, 0.05) is 11.1 Å². The van der Waals surface area contributed by atoms with Crippen LogP contribution in [-0.2, 0) is 0 Å². The van der Waals surface area contributed by atoms with Crippen LogP contribution in [0.5, 0.6) is 0 Å². The molecule has 0 amide bonds. The molecule has 0 fully saturated rings. The van der Waals surface area contributed by atoms with E-state index in [1.807, 2.05) is 0 Å². The van der Waals surface area contributed by atoms with E-state index in [0.29, 0.717) is 0 Å². The first-order chi connectivity index (χ1) is 4.34. The lowest BCUT2D eigenvalue weighted by molar-refractivity contribution is 0.269. The number of rotatable bonds is 2. The molecule has 58 valence electrons. The lowest BCUT2D eigenvalue weighted by Gasteiger charge is -2.00. The van der Waals surface area contributed by atoms with Gasteiger partial charge in [-0.2, -0.15) is 0 Å². The quantitative estimate of drug-likeness (QED) is 0.699. The number of thiazole rings is 1. The number of hydrogen-bond acceptors (Lipinski definition) is 4. The predicted octanol–water partition coefficient (Wildman–Crippen LogP) is 0.557. The molecule has 0 aliphatic rings. The van der Waals surface area contributed by atoms with Crippen LogP contribution in [0, 0.1) is 0 Å². The zero-order chi connectivity index (χ0) is 6.69. The molecular weight excluding hydrogens is 172 g/mol. The molecule has 0 bridgehead atoms. The topological polar surface area (TPSA) is 59.1 Å². The highest BCUT2D eigenvalue weighted by atomic mass is 35.5. The van der Waals surface area contributed by atoms with Crippen molar-refractivity contribution in [2.75, 3.05) is 6.61 Å². The second kappa shape index (κ2) is 4.62. The molecule has 10 heavy (non-hydrogen) atoms. The molecule has 1 rings (SSSR count). The highest BCUT2D eigenvalue weighted by Crippen LogP contribution is 2.12. The molecule has 0 spiro atoms. The Bertz CT molecular complexity index is 168. The number of nitrogens with two attached hydrogens (primary N) is 1. The summed E-state index contributed by atoms with van der Waals surface area (Å²) in [5.41, 5.74) is 7.16. The van der Waals surface area contributed by atoms with Crippen LogP contribution in [0.1, 0.15) is 10.9 Å². The maximum absolute atomic E-state index is 8.56. The van der Waals surface area contributed by atoms with Crippen LogP contribution in [0.15, 0.2) is 11.7 Å². The molecule has 0 aromatic carbocycles. The first-order valence-electron chi connectivity index (χ1n) is 2.59. The van der Waals surface area contributed by atoms with Crippen molar-refractivity contribution in [2.24, 2.45) is 5.73 Å². The summed E-state index contributed by atoms with van der Waals surface area (Å²) in [6.07, 6.45) is 1.67. The molecule has 5 heteroatoms. The largest absolute Gasteiger partial charge is 0.394 e. The average molecular weight is 181 g/mol. The van der Waals surface area contributed by atoms with Crippen molar-refractivity contribution in [3.8, 4) is 0 Å². The lowest BCUT2D eigenvalue weighted by Crippen LogP contribution is -2.12. The monoisotopic (exact) mass is 180 g/mol. The van der Waals surface area contributed by atoms with E-state index >= 15 is 0 Å². The summed E-state index contributed by atoms with van der Waals surface area (Å²) in [4.78, 5) is 4.75. The lowest BCUT2D eigenvalue weighted by atomic mass is 10.3. The molecule has 0 saturated heterocycles. The number of hydrogen-bond donors (Lipinski definition) is 2. The van der Waals surface area contributed by atoms with Gasteiger partial charge in [0.1, 0.15) is 0 Å². The predicted molar refractivity (Wildman–Crippen MR) is 43.4 cm³/mol. The number of aliphatic hydroxyl groups is 1. The van der Waals surface area contributed by atoms with E-state index in [4.69, 9.17) is 10.8 Å². The van der Waals surface area contributed by atoms with E-state index in [0.717, 1.165) is 4.88 Å². The molecule has 1 atom stereocenters. The Morgan fingerprint density at radius 3 is 2.90 bits per heavy atom. The van der Waals surface area contributed by atoms with Gasteiger partial charge < -0.3 is 10.8 Å². The number of aliphatic hydroxyl groups excluding tert-OH is 1. The number of halogens is 1. The summed E-state index contributed by atoms with van der Waals surface area (Å²) in [5, 5.41) is 8.56. The van der Waals surface area contributed by atoms with Crippen LogP contribution in [0.4, 0.5) is 0 Å². The van der Waals surface area contributed by atoms with E-state index in [1.54, 1.807) is 11.7 Å². The summed E-state index contributed by atoms with van der Waals surface area (Å²) >= 11 is 1.46. The summed E-state index contributed by atoms with van der Waals surface area (Å²) in [6.45, 7) is -0.0117. The average Bonchev–Trinajstić information content (AvgIpc) is 2.37. The van der Waals surface area contributed by atoms with Crippen LogP contribution in [0.3, 0.4) is 0 Å². The molecular formula is C5H9ClN2OS. The van der Waals surface area contributed by atoms with Crippen LogP contribution in [0.25, 0.3) is 0 Å². The van der Waals surface area contributed by atoms with Gasteiger partial charge in [0.05, 0.1) is 18.2 Å². The minimum Gasteiger partial charge on any atom is -0.394 e. The SMILES string of the molecule is Cl.NC(CO)c1cncs1. The summed E-state index contributed by atoms with van der Waals surface area (Å²) < 4.78 is 0. The molecule has 0 radical (unpaired) electrons. The maximum atomic E-state index is 8.56. The van der Waals surface area contributed by atoms with E-state index in [-0.39, 0.29) is 25.1 Å². The van der Waals surface area contributed by atoms with Crippen LogP contribution in [-0.4, -0.2) is 16.7 Å². The first-order valence-corrected chi connectivity index (χ1v) is 3.47. The first kappa shape index (κ1) is 9.84. The van der Waals surface area contributed by atoms with Gasteiger partial charge in [-0.05, 0) is 0 Å². The van der Waals surface area contributed by atoms with Crippen molar-refractivity contribution in [1.82, 2.24) is 4.98 Å². The zero-order valence-corrected chi connectivity index (χ0v) is 6.86. The highest BCUT2D eigenvalue weighted by Gasteiger charge is 2.03. The second-order valence-corrected chi connectivity index (χ2v) is 2.61. The van der Waals surface area contributed by atoms with Crippen molar-refractivity contribution in [3.63, 3.8) is 0 Å². The summed E-state index contributed by atoms with van der Waals surface area (Å²) in [7, 11) is 0. The fourth-order valence-corrected chi connectivity index (χ4v) is 1.11. The normalized spacial score (nSPS) is 12.2. The van der Waals surface area contributed by atoms with Crippen molar-refractivity contribution < 1.29 is 5.11 Å². The number of nitrogens with zero attached hydrogens (tertiary/aromatic N) is 1. The molecule has 0 aliphatic carbocycles. The molecule has 1 unspecified atom stereocenters.